The number of hydrogen-bond acceptors (Lipinski definition) is 3. The molecule has 0 amide bonds. The Morgan fingerprint density at radius 1 is 1.05 bits per heavy atom. The molecule has 0 radical (unpaired) electrons. The molecule has 2 aromatic heterocycles. The van der Waals surface area contributed by atoms with Gasteiger partial charge in [0.05, 0.1) is 11.4 Å². The lowest BCUT2D eigenvalue weighted by atomic mass is 10.1. The van der Waals surface area contributed by atoms with E-state index in [9.17, 15) is 4.39 Å². The van der Waals surface area contributed by atoms with Crippen LogP contribution in [0.4, 0.5) is 10.2 Å². The second-order valence-electron chi connectivity index (χ2n) is 4.52. The Balaban J connectivity index is 2.15. The molecule has 2 heterocycles. The van der Waals surface area contributed by atoms with Gasteiger partial charge in [-0.2, -0.15) is 0 Å². The molecule has 0 saturated heterocycles. The van der Waals surface area contributed by atoms with Crippen LogP contribution in [0.25, 0.3) is 22.5 Å². The predicted molar refractivity (Wildman–Crippen MR) is 84.1 cm³/mol. The van der Waals surface area contributed by atoms with Gasteiger partial charge in [0.2, 0.25) is 0 Å². The summed E-state index contributed by atoms with van der Waals surface area (Å²) in [5.74, 6) is 0.494. The first-order chi connectivity index (χ1) is 10.2. The van der Waals surface area contributed by atoms with Crippen molar-refractivity contribution in [2.75, 3.05) is 12.4 Å². The minimum absolute atomic E-state index is 0.268. The standard InChI is InChI=1S/C15H13FN4S/c1-17-12-8-10(6-7-18-12)14-13(19-15(21)20-14)9-2-4-11(16)5-3-9/h2-8H,1H3,(H,17,18)(H2,19,20,21). The van der Waals surface area contributed by atoms with Crippen molar-refractivity contribution in [2.45, 2.75) is 0 Å². The van der Waals surface area contributed by atoms with Gasteiger partial charge in [-0.25, -0.2) is 9.37 Å². The van der Waals surface area contributed by atoms with Crippen LogP contribution in [0, 0.1) is 10.6 Å². The van der Waals surface area contributed by atoms with Crippen molar-refractivity contribution >= 4 is 18.0 Å². The molecule has 0 atom stereocenters. The van der Waals surface area contributed by atoms with Gasteiger partial charge in [0.1, 0.15) is 11.6 Å². The van der Waals surface area contributed by atoms with Crippen molar-refractivity contribution < 1.29 is 4.39 Å². The Hall–Kier alpha value is -2.47. The number of nitrogens with one attached hydrogen (secondary N) is 3. The molecular weight excluding hydrogens is 287 g/mol. The molecule has 1 aromatic carbocycles. The van der Waals surface area contributed by atoms with E-state index in [1.165, 1.54) is 12.1 Å². The summed E-state index contributed by atoms with van der Waals surface area (Å²) in [5, 5.41) is 3.00. The van der Waals surface area contributed by atoms with Crippen molar-refractivity contribution in [3.05, 3.63) is 53.2 Å². The van der Waals surface area contributed by atoms with Crippen LogP contribution in [0.5, 0.6) is 0 Å². The molecule has 3 aromatic rings. The van der Waals surface area contributed by atoms with Gasteiger partial charge < -0.3 is 15.3 Å². The number of pyridine rings is 1. The van der Waals surface area contributed by atoms with E-state index < -0.39 is 0 Å². The quantitative estimate of drug-likeness (QED) is 0.641. The van der Waals surface area contributed by atoms with E-state index in [0.29, 0.717) is 4.77 Å². The van der Waals surface area contributed by atoms with Crippen LogP contribution in [0.1, 0.15) is 0 Å². The molecule has 21 heavy (non-hydrogen) atoms. The molecular formula is C15H13FN4S. The number of H-pyrrole nitrogens is 2. The smallest absolute Gasteiger partial charge is 0.175 e. The summed E-state index contributed by atoms with van der Waals surface area (Å²) in [4.78, 5) is 10.4. The summed E-state index contributed by atoms with van der Waals surface area (Å²) in [7, 11) is 1.81. The first-order valence-corrected chi connectivity index (χ1v) is 6.80. The van der Waals surface area contributed by atoms with Gasteiger partial charge >= 0.3 is 0 Å². The Labute approximate surface area is 126 Å². The van der Waals surface area contributed by atoms with Crippen LogP contribution >= 0.6 is 12.2 Å². The van der Waals surface area contributed by atoms with Gasteiger partial charge in [-0.1, -0.05) is 0 Å². The molecule has 3 N–H and O–H groups in total. The zero-order valence-corrected chi connectivity index (χ0v) is 12.1. The lowest BCUT2D eigenvalue weighted by Gasteiger charge is -2.06. The highest BCUT2D eigenvalue weighted by Crippen LogP contribution is 2.30. The van der Waals surface area contributed by atoms with Crippen molar-refractivity contribution in [2.24, 2.45) is 0 Å². The van der Waals surface area contributed by atoms with Crippen molar-refractivity contribution in [1.82, 2.24) is 15.0 Å². The second kappa shape index (κ2) is 5.49. The van der Waals surface area contributed by atoms with Crippen LogP contribution in [-0.2, 0) is 0 Å². The number of anilines is 1. The summed E-state index contributed by atoms with van der Waals surface area (Å²) in [6.45, 7) is 0. The molecule has 0 fully saturated rings. The normalized spacial score (nSPS) is 10.6. The molecule has 6 heteroatoms. The predicted octanol–water partition coefficient (Wildman–Crippen LogP) is 3.98. The highest BCUT2D eigenvalue weighted by molar-refractivity contribution is 7.71. The van der Waals surface area contributed by atoms with Gasteiger partial charge in [0, 0.05) is 24.4 Å². The Bertz CT molecular complexity index is 820. The summed E-state index contributed by atoms with van der Waals surface area (Å²) in [6.07, 6.45) is 1.72. The number of halogens is 1. The van der Waals surface area contributed by atoms with E-state index in [2.05, 4.69) is 20.3 Å². The van der Waals surface area contributed by atoms with Crippen molar-refractivity contribution in [1.29, 1.82) is 0 Å². The number of aromatic nitrogens is 3. The van der Waals surface area contributed by atoms with Crippen LogP contribution in [0.3, 0.4) is 0 Å². The maximum atomic E-state index is 13.1. The molecule has 0 aliphatic carbocycles. The topological polar surface area (TPSA) is 56.5 Å². The van der Waals surface area contributed by atoms with Gasteiger partial charge in [-0.3, -0.25) is 0 Å². The van der Waals surface area contributed by atoms with Gasteiger partial charge in [0.15, 0.2) is 4.77 Å². The maximum Gasteiger partial charge on any atom is 0.175 e. The molecule has 0 bridgehead atoms. The lowest BCUT2D eigenvalue weighted by Crippen LogP contribution is -1.92. The van der Waals surface area contributed by atoms with Gasteiger partial charge in [-0.05, 0) is 48.6 Å². The third-order valence-corrected chi connectivity index (χ3v) is 3.37. The van der Waals surface area contributed by atoms with E-state index in [-0.39, 0.29) is 5.82 Å². The Morgan fingerprint density at radius 2 is 1.71 bits per heavy atom. The van der Waals surface area contributed by atoms with Gasteiger partial charge in [-0.15, -0.1) is 0 Å². The molecule has 0 unspecified atom stereocenters. The lowest BCUT2D eigenvalue weighted by molar-refractivity contribution is 0.628. The number of hydrogen-bond donors (Lipinski definition) is 3. The molecule has 0 aliphatic rings. The highest BCUT2D eigenvalue weighted by atomic mass is 32.1. The number of aromatic amines is 2. The molecule has 0 saturated carbocycles. The molecule has 0 aliphatic heterocycles. The average molecular weight is 300 g/mol. The third kappa shape index (κ3) is 2.71. The zero-order chi connectivity index (χ0) is 14.8. The third-order valence-electron chi connectivity index (χ3n) is 3.16. The zero-order valence-electron chi connectivity index (χ0n) is 11.3. The van der Waals surface area contributed by atoms with Crippen LogP contribution in [0.15, 0.2) is 42.6 Å². The van der Waals surface area contributed by atoms with Crippen molar-refractivity contribution in [3.8, 4) is 22.5 Å². The Morgan fingerprint density at radius 3 is 2.38 bits per heavy atom. The first kappa shape index (κ1) is 13.5. The summed E-state index contributed by atoms with van der Waals surface area (Å²) < 4.78 is 13.6. The Kier molecular flexibility index (Phi) is 3.53. The van der Waals surface area contributed by atoms with Crippen LogP contribution in [-0.4, -0.2) is 22.0 Å². The van der Waals surface area contributed by atoms with Crippen LogP contribution < -0.4 is 5.32 Å². The first-order valence-electron chi connectivity index (χ1n) is 6.40. The number of rotatable bonds is 3. The maximum absolute atomic E-state index is 13.1. The van der Waals surface area contributed by atoms with E-state index >= 15 is 0 Å². The van der Waals surface area contributed by atoms with Crippen molar-refractivity contribution in [3.63, 3.8) is 0 Å². The SMILES string of the molecule is CNc1cc(-c2[nH]c(=S)[nH]c2-c2ccc(F)cc2)ccn1. The fourth-order valence-corrected chi connectivity index (χ4v) is 2.36. The molecule has 4 nitrogen and oxygen atoms in total. The fourth-order valence-electron chi connectivity index (χ4n) is 2.16. The minimum Gasteiger partial charge on any atom is -0.373 e. The molecule has 3 rings (SSSR count). The highest BCUT2D eigenvalue weighted by Gasteiger charge is 2.11. The number of nitrogens with zero attached hydrogens (tertiary/aromatic N) is 1. The van der Waals surface area contributed by atoms with E-state index in [1.54, 1.807) is 18.3 Å². The fraction of sp³-hybridized carbons (Fsp3) is 0.0667. The largest absolute Gasteiger partial charge is 0.373 e. The second-order valence-corrected chi connectivity index (χ2v) is 4.92. The van der Waals surface area contributed by atoms with E-state index in [1.807, 2.05) is 19.2 Å². The number of imidazole rings is 1. The molecule has 106 valence electrons. The summed E-state index contributed by atoms with van der Waals surface area (Å²) in [6, 6.07) is 10.1. The summed E-state index contributed by atoms with van der Waals surface area (Å²) in [5.41, 5.74) is 3.49. The number of benzene rings is 1. The van der Waals surface area contributed by atoms with Gasteiger partial charge in [0.25, 0.3) is 0 Å². The monoisotopic (exact) mass is 300 g/mol. The van der Waals surface area contributed by atoms with E-state index in [0.717, 1.165) is 28.3 Å². The summed E-state index contributed by atoms with van der Waals surface area (Å²) >= 11 is 5.19. The average Bonchev–Trinajstić information content (AvgIpc) is 2.90. The van der Waals surface area contributed by atoms with Crippen LogP contribution in [0.2, 0.25) is 0 Å². The van der Waals surface area contributed by atoms with E-state index in [4.69, 9.17) is 12.2 Å². The molecule has 0 spiro atoms. The minimum atomic E-state index is -0.268.